The minimum Gasteiger partial charge on any atom is -0.476 e. The third-order valence-electron chi connectivity index (χ3n) is 4.31. The number of ether oxygens (including phenoxy) is 1. The molecular weight excluding hydrogens is 407 g/mol. The molecular formula is C16H15ClF3N3O3S. The molecule has 0 bridgehead atoms. The van der Waals surface area contributed by atoms with Crippen molar-refractivity contribution in [2.75, 3.05) is 0 Å². The average molecular weight is 422 g/mol. The highest BCUT2D eigenvalue weighted by molar-refractivity contribution is 7.99. The first-order valence-electron chi connectivity index (χ1n) is 8.09. The van der Waals surface area contributed by atoms with Crippen LogP contribution in [0.5, 0.6) is 5.75 Å². The lowest BCUT2D eigenvalue weighted by Gasteiger charge is -2.29. The van der Waals surface area contributed by atoms with Crippen molar-refractivity contribution in [3.8, 4) is 5.75 Å². The maximum atomic E-state index is 12.6. The highest BCUT2D eigenvalue weighted by Gasteiger charge is 2.34. The molecule has 6 nitrogen and oxygen atoms in total. The molecule has 1 aliphatic rings. The normalized spacial score (nSPS) is 20.4. The molecule has 1 fully saturated rings. The van der Waals surface area contributed by atoms with Gasteiger partial charge in [0, 0.05) is 10.3 Å². The molecule has 0 amide bonds. The van der Waals surface area contributed by atoms with Gasteiger partial charge in [0.2, 0.25) is 5.69 Å². The minimum atomic E-state index is -4.77. The van der Waals surface area contributed by atoms with Crippen LogP contribution in [0.2, 0.25) is 5.02 Å². The second kappa shape index (κ2) is 7.97. The lowest BCUT2D eigenvalue weighted by molar-refractivity contribution is -0.275. The van der Waals surface area contributed by atoms with Crippen LogP contribution in [-0.4, -0.2) is 38.1 Å². The zero-order valence-electron chi connectivity index (χ0n) is 13.8. The van der Waals surface area contributed by atoms with Gasteiger partial charge in [-0.25, -0.2) is 4.79 Å². The summed E-state index contributed by atoms with van der Waals surface area (Å²) >= 11 is 7.28. The van der Waals surface area contributed by atoms with Crippen LogP contribution in [0.15, 0.2) is 23.2 Å². The van der Waals surface area contributed by atoms with Gasteiger partial charge in [0.15, 0.2) is 5.03 Å². The van der Waals surface area contributed by atoms with Crippen molar-refractivity contribution in [3.63, 3.8) is 0 Å². The third-order valence-corrected chi connectivity index (χ3v) is 5.86. The number of aromatic amines is 1. The van der Waals surface area contributed by atoms with Crippen molar-refractivity contribution in [1.82, 2.24) is 15.4 Å². The first-order chi connectivity index (χ1) is 12.7. The molecule has 0 radical (unpaired) electrons. The second-order valence-electron chi connectivity index (χ2n) is 6.10. The number of hydrogen-bond acceptors (Lipinski definition) is 5. The molecule has 0 unspecified atom stereocenters. The second-order valence-corrected chi connectivity index (χ2v) is 7.83. The van der Waals surface area contributed by atoms with Crippen LogP contribution < -0.4 is 4.74 Å². The molecule has 1 aliphatic carbocycles. The number of alkyl halides is 3. The number of thioether (sulfide) groups is 1. The van der Waals surface area contributed by atoms with E-state index >= 15 is 0 Å². The van der Waals surface area contributed by atoms with Crippen molar-refractivity contribution in [2.45, 2.75) is 48.2 Å². The number of aromatic carboxylic acids is 1. The Morgan fingerprint density at radius 1 is 1.26 bits per heavy atom. The lowest BCUT2D eigenvalue weighted by atomic mass is 9.83. The van der Waals surface area contributed by atoms with Gasteiger partial charge in [0.05, 0.1) is 0 Å². The summed E-state index contributed by atoms with van der Waals surface area (Å²) in [5.41, 5.74) is 0.314. The molecule has 1 aromatic heterocycles. The number of nitrogens with zero attached hydrogens (tertiary/aromatic N) is 2. The van der Waals surface area contributed by atoms with E-state index in [2.05, 4.69) is 20.1 Å². The van der Waals surface area contributed by atoms with Crippen LogP contribution in [0.3, 0.4) is 0 Å². The molecule has 146 valence electrons. The molecule has 3 rings (SSSR count). The Morgan fingerprint density at radius 2 is 1.96 bits per heavy atom. The number of rotatable bonds is 5. The monoisotopic (exact) mass is 421 g/mol. The number of hydrogen-bond donors (Lipinski definition) is 2. The summed E-state index contributed by atoms with van der Waals surface area (Å²) < 4.78 is 42.1. The fraction of sp³-hybridized carbons (Fsp3) is 0.438. The Bertz CT molecular complexity index is 823. The number of carbonyl (C=O) groups is 1. The van der Waals surface area contributed by atoms with Crippen LogP contribution in [0.25, 0.3) is 0 Å². The van der Waals surface area contributed by atoms with Crippen LogP contribution in [0.1, 0.15) is 47.7 Å². The fourth-order valence-corrected chi connectivity index (χ4v) is 4.49. The molecule has 2 aromatic rings. The molecule has 1 heterocycles. The number of carboxylic acid groups (broad SMARTS) is 1. The molecule has 11 heteroatoms. The van der Waals surface area contributed by atoms with Crippen LogP contribution >= 0.6 is 23.4 Å². The van der Waals surface area contributed by atoms with E-state index in [9.17, 15) is 18.0 Å². The Labute approximate surface area is 161 Å². The van der Waals surface area contributed by atoms with E-state index in [1.54, 1.807) is 0 Å². The smallest absolute Gasteiger partial charge is 0.476 e. The fourth-order valence-electron chi connectivity index (χ4n) is 3.15. The molecule has 2 N–H and O–H groups in total. The van der Waals surface area contributed by atoms with Crippen LogP contribution in [-0.2, 0) is 0 Å². The zero-order valence-corrected chi connectivity index (χ0v) is 15.4. The van der Waals surface area contributed by atoms with Gasteiger partial charge in [-0.3, -0.25) is 0 Å². The van der Waals surface area contributed by atoms with Gasteiger partial charge in [-0.1, -0.05) is 23.4 Å². The maximum Gasteiger partial charge on any atom is 0.573 e. The minimum absolute atomic E-state index is 0.107. The molecule has 0 saturated heterocycles. The maximum absolute atomic E-state index is 12.6. The number of halogens is 4. The van der Waals surface area contributed by atoms with E-state index in [-0.39, 0.29) is 22.6 Å². The number of H-pyrrole nitrogens is 1. The van der Waals surface area contributed by atoms with Crippen LogP contribution in [0.4, 0.5) is 13.2 Å². The van der Waals surface area contributed by atoms with Gasteiger partial charge in [-0.15, -0.1) is 23.4 Å². The van der Waals surface area contributed by atoms with Gasteiger partial charge >= 0.3 is 12.3 Å². The zero-order chi connectivity index (χ0) is 19.6. The predicted octanol–water partition coefficient (Wildman–Crippen LogP) is 4.87. The van der Waals surface area contributed by atoms with Crippen molar-refractivity contribution in [1.29, 1.82) is 0 Å². The summed E-state index contributed by atoms with van der Waals surface area (Å²) in [5.74, 6) is -1.50. The SMILES string of the molecule is O=C(O)c1n[nH]nc1SC1CCC(c2cc(Cl)ccc2OC(F)(F)F)CC1. The molecule has 0 atom stereocenters. The summed E-state index contributed by atoms with van der Waals surface area (Å²) in [6.07, 6.45) is -2.12. The average Bonchev–Trinajstić information content (AvgIpc) is 3.04. The third kappa shape index (κ3) is 5.07. The number of aromatic nitrogens is 3. The van der Waals surface area contributed by atoms with E-state index < -0.39 is 12.3 Å². The highest BCUT2D eigenvalue weighted by Crippen LogP contribution is 2.44. The standard InChI is InChI=1S/C16H15ClF3N3O3S/c17-9-3-6-12(26-16(18,19)20)11(7-9)8-1-4-10(5-2-8)27-14-13(15(24)25)21-23-22-14/h3,6-8,10H,1-2,4-5H2,(H,24,25)(H,21,22,23). The van der Waals surface area contributed by atoms with Crippen molar-refractivity contribution < 1.29 is 27.8 Å². The summed E-state index contributed by atoms with van der Waals surface area (Å²) in [4.78, 5) is 11.1. The first-order valence-corrected chi connectivity index (χ1v) is 9.34. The first kappa shape index (κ1) is 19.8. The van der Waals surface area contributed by atoms with E-state index in [4.69, 9.17) is 16.7 Å². The van der Waals surface area contributed by atoms with Crippen molar-refractivity contribution in [3.05, 3.63) is 34.5 Å². The Balaban J connectivity index is 1.68. The summed E-state index contributed by atoms with van der Waals surface area (Å²) in [6.45, 7) is 0. The molecule has 1 aromatic carbocycles. The molecule has 27 heavy (non-hydrogen) atoms. The van der Waals surface area contributed by atoms with Gasteiger partial charge in [0.25, 0.3) is 0 Å². The van der Waals surface area contributed by atoms with E-state index in [1.165, 1.54) is 30.0 Å². The molecule has 0 spiro atoms. The predicted molar refractivity (Wildman–Crippen MR) is 92.3 cm³/mol. The molecule has 1 saturated carbocycles. The van der Waals surface area contributed by atoms with E-state index in [0.717, 1.165) is 0 Å². The van der Waals surface area contributed by atoms with Gasteiger partial charge in [-0.05, 0) is 55.4 Å². The van der Waals surface area contributed by atoms with E-state index in [0.29, 0.717) is 41.3 Å². The Kier molecular flexibility index (Phi) is 5.85. The summed E-state index contributed by atoms with van der Waals surface area (Å²) in [5, 5.41) is 19.6. The summed E-state index contributed by atoms with van der Waals surface area (Å²) in [7, 11) is 0. The molecule has 0 aliphatic heterocycles. The van der Waals surface area contributed by atoms with Crippen LogP contribution in [0, 0.1) is 0 Å². The quantitative estimate of drug-likeness (QED) is 0.715. The number of nitrogens with one attached hydrogen (secondary N) is 1. The van der Waals surface area contributed by atoms with E-state index in [1.807, 2.05) is 0 Å². The Hall–Kier alpha value is -1.94. The highest BCUT2D eigenvalue weighted by atomic mass is 35.5. The lowest BCUT2D eigenvalue weighted by Crippen LogP contribution is -2.20. The summed E-state index contributed by atoms with van der Waals surface area (Å²) in [6, 6.07) is 4.12. The van der Waals surface area contributed by atoms with Gasteiger partial charge in [-0.2, -0.15) is 5.21 Å². The Morgan fingerprint density at radius 3 is 2.59 bits per heavy atom. The van der Waals surface area contributed by atoms with Crippen molar-refractivity contribution >= 4 is 29.3 Å². The topological polar surface area (TPSA) is 88.1 Å². The van der Waals surface area contributed by atoms with Gasteiger partial charge in [0.1, 0.15) is 5.75 Å². The number of carboxylic acids is 1. The van der Waals surface area contributed by atoms with Crippen molar-refractivity contribution in [2.24, 2.45) is 0 Å². The van der Waals surface area contributed by atoms with Gasteiger partial charge < -0.3 is 9.84 Å². The largest absolute Gasteiger partial charge is 0.573 e. The number of benzene rings is 1.